The highest BCUT2D eigenvalue weighted by Crippen LogP contribution is 2.39. The lowest BCUT2D eigenvalue weighted by Gasteiger charge is -2.36. The predicted molar refractivity (Wildman–Crippen MR) is 157 cm³/mol. The number of aliphatic carboxylic acids is 1. The lowest BCUT2D eigenvalue weighted by Crippen LogP contribution is -2.43. The Kier molecular flexibility index (Phi) is 8.54. The van der Waals surface area contributed by atoms with E-state index in [1.807, 2.05) is 36.4 Å². The molecule has 0 amide bonds. The van der Waals surface area contributed by atoms with Crippen molar-refractivity contribution in [3.63, 3.8) is 0 Å². The number of carboxylic acid groups (broad SMARTS) is 1. The molecular formula is C30H32Cl2O6Si. The van der Waals surface area contributed by atoms with Gasteiger partial charge in [-0.25, -0.2) is 4.79 Å². The fourth-order valence-corrected chi connectivity index (χ4v) is 5.20. The maximum Gasteiger partial charge on any atom is 0.328 e. The second-order valence-electron chi connectivity index (χ2n) is 10.9. The van der Waals surface area contributed by atoms with Crippen molar-refractivity contribution in [2.45, 2.75) is 51.9 Å². The molecule has 0 radical (unpaired) electrons. The lowest BCUT2D eigenvalue weighted by molar-refractivity contribution is -0.131. The Labute approximate surface area is 240 Å². The van der Waals surface area contributed by atoms with Gasteiger partial charge in [-0.05, 0) is 83.7 Å². The third kappa shape index (κ3) is 7.09. The minimum atomic E-state index is -2.01. The van der Waals surface area contributed by atoms with Crippen molar-refractivity contribution in [2.75, 3.05) is 6.79 Å². The molecule has 0 bridgehead atoms. The summed E-state index contributed by atoms with van der Waals surface area (Å²) in [4.78, 5) is 11.2. The van der Waals surface area contributed by atoms with Crippen molar-refractivity contribution >= 4 is 43.6 Å². The fourth-order valence-electron chi connectivity index (χ4n) is 3.78. The number of halogens is 2. The van der Waals surface area contributed by atoms with Crippen molar-refractivity contribution in [2.24, 2.45) is 0 Å². The van der Waals surface area contributed by atoms with E-state index in [9.17, 15) is 4.79 Å². The van der Waals surface area contributed by atoms with Crippen molar-refractivity contribution in [3.8, 4) is 23.0 Å². The van der Waals surface area contributed by atoms with Crippen LogP contribution in [0.25, 0.3) is 6.08 Å². The predicted octanol–water partition coefficient (Wildman–Crippen LogP) is 8.37. The molecule has 0 aliphatic carbocycles. The van der Waals surface area contributed by atoms with E-state index in [0.717, 1.165) is 34.1 Å². The number of benzene rings is 3. The summed E-state index contributed by atoms with van der Waals surface area (Å²) in [7, 11) is -2.01. The third-order valence-electron chi connectivity index (χ3n) is 7.03. The SMILES string of the molecule is CC(C)(C)[Si](C)(C)Oc1ccc(Cl)c(COc2ccc(C=CC(=O)O)c(Cc3cc4c(cc3Cl)OCO4)c2)c1. The Hall–Kier alpha value is -3.13. The summed E-state index contributed by atoms with van der Waals surface area (Å²) in [6.45, 7) is 11.4. The maximum absolute atomic E-state index is 11.2. The van der Waals surface area contributed by atoms with Gasteiger partial charge in [0.25, 0.3) is 0 Å². The first-order valence-corrected chi connectivity index (χ1v) is 16.2. The minimum absolute atomic E-state index is 0.0669. The number of carbonyl (C=O) groups is 1. The third-order valence-corrected chi connectivity index (χ3v) is 12.1. The normalized spacial score (nSPS) is 13.1. The second kappa shape index (κ2) is 11.5. The van der Waals surface area contributed by atoms with Crippen LogP contribution in [0.4, 0.5) is 0 Å². The summed E-state index contributed by atoms with van der Waals surface area (Å²) in [5, 5.41) is 10.3. The van der Waals surface area contributed by atoms with Crippen molar-refractivity contribution in [1.82, 2.24) is 0 Å². The molecule has 1 heterocycles. The van der Waals surface area contributed by atoms with E-state index in [0.29, 0.717) is 33.7 Å². The summed E-state index contributed by atoms with van der Waals surface area (Å²) in [6.07, 6.45) is 3.09. The monoisotopic (exact) mass is 586 g/mol. The highest BCUT2D eigenvalue weighted by molar-refractivity contribution is 6.74. The van der Waals surface area contributed by atoms with Crippen LogP contribution in [0.5, 0.6) is 23.0 Å². The zero-order valence-electron chi connectivity index (χ0n) is 22.6. The Morgan fingerprint density at radius 2 is 1.62 bits per heavy atom. The number of rotatable bonds is 9. The molecule has 3 aromatic rings. The zero-order chi connectivity index (χ0) is 28.4. The molecule has 0 atom stereocenters. The van der Waals surface area contributed by atoms with Gasteiger partial charge in [0.05, 0.1) is 0 Å². The summed E-state index contributed by atoms with van der Waals surface area (Å²) >= 11 is 13.0. The van der Waals surface area contributed by atoms with Gasteiger partial charge in [0.2, 0.25) is 15.1 Å². The van der Waals surface area contributed by atoms with Gasteiger partial charge in [0, 0.05) is 27.8 Å². The standard InChI is InChI=1S/C30H32Cl2O6Si/c1-30(2,3)39(4,5)38-24-9-10-25(31)22(14-24)17-35-23-8-6-19(7-11-29(33)34)20(13-23)12-21-15-27-28(16-26(21)32)37-18-36-27/h6-11,13-16H,12,17-18H2,1-5H3,(H,33,34). The average Bonchev–Trinajstić information content (AvgIpc) is 3.30. The van der Waals surface area contributed by atoms with Crippen LogP contribution in [0.1, 0.15) is 43.0 Å². The van der Waals surface area contributed by atoms with Crippen LogP contribution in [0.15, 0.2) is 54.6 Å². The summed E-state index contributed by atoms with van der Waals surface area (Å²) in [5.41, 5.74) is 3.21. The van der Waals surface area contributed by atoms with Gasteiger partial charge < -0.3 is 23.7 Å². The van der Waals surface area contributed by atoms with E-state index in [1.54, 1.807) is 18.2 Å². The molecular weight excluding hydrogens is 555 g/mol. The second-order valence-corrected chi connectivity index (χ2v) is 16.4. The van der Waals surface area contributed by atoms with Crippen molar-refractivity contribution in [3.05, 3.63) is 86.9 Å². The van der Waals surface area contributed by atoms with E-state index < -0.39 is 14.3 Å². The molecule has 1 aliphatic heterocycles. The average molecular weight is 588 g/mol. The van der Waals surface area contributed by atoms with Crippen LogP contribution in [0.2, 0.25) is 28.2 Å². The van der Waals surface area contributed by atoms with E-state index in [2.05, 4.69) is 33.9 Å². The zero-order valence-corrected chi connectivity index (χ0v) is 25.2. The van der Waals surface area contributed by atoms with Gasteiger partial charge in [0.1, 0.15) is 18.1 Å². The first kappa shape index (κ1) is 28.9. The molecule has 0 spiro atoms. The molecule has 0 unspecified atom stereocenters. The maximum atomic E-state index is 11.2. The summed E-state index contributed by atoms with van der Waals surface area (Å²) < 4.78 is 23.5. The fraction of sp³-hybridized carbons (Fsp3) is 0.300. The molecule has 0 fully saturated rings. The van der Waals surface area contributed by atoms with Gasteiger partial charge in [-0.2, -0.15) is 0 Å². The van der Waals surface area contributed by atoms with Gasteiger partial charge >= 0.3 is 5.97 Å². The quantitative estimate of drug-likeness (QED) is 0.200. The van der Waals surface area contributed by atoms with Gasteiger partial charge in [-0.3, -0.25) is 0 Å². The van der Waals surface area contributed by atoms with Gasteiger partial charge in [0.15, 0.2) is 11.5 Å². The molecule has 0 aromatic heterocycles. The number of carboxylic acids is 1. The van der Waals surface area contributed by atoms with Gasteiger partial charge in [-0.1, -0.05) is 50.0 Å². The number of ether oxygens (including phenoxy) is 3. The topological polar surface area (TPSA) is 74.2 Å². The highest BCUT2D eigenvalue weighted by atomic mass is 35.5. The van der Waals surface area contributed by atoms with Crippen LogP contribution in [-0.2, 0) is 17.8 Å². The number of hydrogen-bond donors (Lipinski definition) is 1. The highest BCUT2D eigenvalue weighted by Gasteiger charge is 2.39. The molecule has 206 valence electrons. The number of fused-ring (bicyclic) bond motifs is 1. The Balaban J connectivity index is 1.57. The minimum Gasteiger partial charge on any atom is -0.543 e. The van der Waals surface area contributed by atoms with Crippen LogP contribution >= 0.6 is 23.2 Å². The number of hydrogen-bond acceptors (Lipinski definition) is 5. The van der Waals surface area contributed by atoms with Crippen LogP contribution in [0, 0.1) is 0 Å². The molecule has 1 aliphatic rings. The Bertz CT molecular complexity index is 1410. The van der Waals surface area contributed by atoms with Crippen LogP contribution < -0.4 is 18.6 Å². The largest absolute Gasteiger partial charge is 0.543 e. The van der Waals surface area contributed by atoms with E-state index in [1.165, 1.54) is 0 Å². The van der Waals surface area contributed by atoms with Crippen molar-refractivity contribution < 1.29 is 28.5 Å². The van der Waals surface area contributed by atoms with E-state index in [-0.39, 0.29) is 18.4 Å². The molecule has 3 aromatic carbocycles. The molecule has 0 saturated carbocycles. The lowest BCUT2D eigenvalue weighted by atomic mass is 9.98. The summed E-state index contributed by atoms with van der Waals surface area (Å²) in [5.74, 6) is 1.58. The first-order chi connectivity index (χ1) is 18.3. The van der Waals surface area contributed by atoms with Crippen molar-refractivity contribution in [1.29, 1.82) is 0 Å². The van der Waals surface area contributed by atoms with Gasteiger partial charge in [-0.15, -0.1) is 0 Å². The Morgan fingerprint density at radius 3 is 2.31 bits per heavy atom. The van der Waals surface area contributed by atoms with E-state index >= 15 is 0 Å². The van der Waals surface area contributed by atoms with E-state index in [4.69, 9.17) is 46.9 Å². The van der Waals surface area contributed by atoms with Crippen LogP contribution in [-0.4, -0.2) is 26.2 Å². The Morgan fingerprint density at radius 1 is 0.949 bits per heavy atom. The molecule has 1 N–H and O–H groups in total. The molecule has 39 heavy (non-hydrogen) atoms. The first-order valence-electron chi connectivity index (χ1n) is 12.5. The summed E-state index contributed by atoms with van der Waals surface area (Å²) in [6, 6.07) is 14.7. The molecule has 0 saturated heterocycles. The molecule has 4 rings (SSSR count). The van der Waals surface area contributed by atoms with Crippen LogP contribution in [0.3, 0.4) is 0 Å². The molecule has 6 nitrogen and oxygen atoms in total. The molecule has 9 heteroatoms. The smallest absolute Gasteiger partial charge is 0.328 e.